The molecule has 0 radical (unpaired) electrons. The van der Waals surface area contributed by atoms with Crippen LogP contribution >= 0.6 is 16.1 Å². The number of hydrogen-bond acceptors (Lipinski definition) is 0. The van der Waals surface area contributed by atoms with E-state index >= 15 is 0 Å². The third kappa shape index (κ3) is 0.948. The summed E-state index contributed by atoms with van der Waals surface area (Å²) < 4.78 is 27.1. The Kier molecular flexibility index (Phi) is 1.65. The maximum Gasteiger partial charge on any atom is 0.183 e. The van der Waals surface area contributed by atoms with Gasteiger partial charge in [0, 0.05) is 11.6 Å². The lowest BCUT2D eigenvalue weighted by atomic mass is 10.2. The van der Waals surface area contributed by atoms with E-state index in [1.807, 2.05) is 0 Å². The summed E-state index contributed by atoms with van der Waals surface area (Å²) in [5.41, 5.74) is 0.231. The van der Waals surface area contributed by atoms with Gasteiger partial charge in [0.1, 0.15) is 0 Å². The van der Waals surface area contributed by atoms with Crippen molar-refractivity contribution in [2.24, 2.45) is 0 Å². The molecule has 1 heterocycles. The van der Waals surface area contributed by atoms with Crippen LogP contribution in [-0.4, -0.2) is 3.59 Å². The van der Waals surface area contributed by atoms with Crippen molar-refractivity contribution in [2.75, 3.05) is 0 Å². The van der Waals surface area contributed by atoms with Crippen LogP contribution in [0, 0.1) is 11.6 Å². The van der Waals surface area contributed by atoms with Gasteiger partial charge in [-0.2, -0.15) is 0 Å². The summed E-state index contributed by atoms with van der Waals surface area (Å²) in [5.74, 6) is -1.66. The van der Waals surface area contributed by atoms with Crippen LogP contribution < -0.4 is 0 Å². The average Bonchev–Trinajstić information content (AvgIpc) is 2.41. The minimum atomic E-state index is -0.832. The molecule has 0 saturated carbocycles. The molecule has 1 aromatic carbocycles. The first-order valence-corrected chi connectivity index (χ1v) is 4.02. The van der Waals surface area contributed by atoms with Gasteiger partial charge in [-0.1, -0.05) is 0 Å². The van der Waals surface area contributed by atoms with Crippen molar-refractivity contribution in [3.63, 3.8) is 0 Å². The molecule has 0 aliphatic carbocycles. The topological polar surface area (TPSA) is 4.93 Å². The predicted molar refractivity (Wildman–Crippen MR) is 46.2 cm³/mol. The van der Waals surface area contributed by atoms with E-state index < -0.39 is 11.6 Å². The predicted octanol–water partition coefficient (Wildman–Crippen LogP) is 3.08. The quantitative estimate of drug-likeness (QED) is 0.657. The Hall–Kier alpha value is -0.900. The molecule has 0 spiro atoms. The van der Waals surface area contributed by atoms with E-state index in [-0.39, 0.29) is 5.52 Å². The molecule has 12 heavy (non-hydrogen) atoms. The molecule has 0 saturated heterocycles. The standard InChI is InChI=1S/C8H4BrF2N/c9-12-4-3-5-1-2-6(10)7(11)8(5)12/h1-4H. The highest BCUT2D eigenvalue weighted by Crippen LogP contribution is 2.22. The largest absolute Gasteiger partial charge is 0.281 e. The number of halogens is 3. The van der Waals surface area contributed by atoms with Crippen LogP contribution in [0.5, 0.6) is 0 Å². The maximum absolute atomic E-state index is 13.1. The summed E-state index contributed by atoms with van der Waals surface area (Å²) in [6.07, 6.45) is 1.62. The Bertz CT molecular complexity index is 436. The lowest BCUT2D eigenvalue weighted by Crippen LogP contribution is -1.87. The van der Waals surface area contributed by atoms with E-state index in [1.165, 1.54) is 9.66 Å². The fraction of sp³-hybridized carbons (Fsp3) is 0. The van der Waals surface area contributed by atoms with Crippen molar-refractivity contribution in [1.29, 1.82) is 0 Å². The van der Waals surface area contributed by atoms with Gasteiger partial charge in [-0.3, -0.25) is 3.59 Å². The maximum atomic E-state index is 13.1. The summed E-state index contributed by atoms with van der Waals surface area (Å²) in [5, 5.41) is 0.672. The van der Waals surface area contributed by atoms with Gasteiger partial charge in [-0.05, 0) is 18.2 Å². The molecular formula is C8H4BrF2N. The molecule has 0 atom stereocenters. The molecule has 0 fully saturated rings. The molecule has 0 unspecified atom stereocenters. The van der Waals surface area contributed by atoms with Crippen LogP contribution in [0.25, 0.3) is 10.9 Å². The first-order chi connectivity index (χ1) is 5.70. The van der Waals surface area contributed by atoms with Gasteiger partial charge in [0.25, 0.3) is 0 Å². The monoisotopic (exact) mass is 231 g/mol. The van der Waals surface area contributed by atoms with Gasteiger partial charge in [0.2, 0.25) is 0 Å². The Morgan fingerprint density at radius 2 is 1.92 bits per heavy atom. The van der Waals surface area contributed by atoms with Crippen molar-refractivity contribution < 1.29 is 8.78 Å². The fourth-order valence-corrected chi connectivity index (χ4v) is 1.61. The van der Waals surface area contributed by atoms with Gasteiger partial charge in [-0.25, -0.2) is 8.78 Å². The van der Waals surface area contributed by atoms with E-state index in [9.17, 15) is 8.78 Å². The molecule has 0 aliphatic rings. The van der Waals surface area contributed by atoms with E-state index in [1.54, 1.807) is 12.3 Å². The Labute approximate surface area is 75.9 Å². The highest BCUT2D eigenvalue weighted by Gasteiger charge is 2.09. The zero-order chi connectivity index (χ0) is 8.72. The molecule has 1 nitrogen and oxygen atoms in total. The molecule has 0 bridgehead atoms. The molecule has 2 aromatic rings. The lowest BCUT2D eigenvalue weighted by molar-refractivity contribution is 0.515. The Morgan fingerprint density at radius 3 is 2.67 bits per heavy atom. The fourth-order valence-electron chi connectivity index (χ4n) is 1.13. The number of rotatable bonds is 0. The molecule has 0 aliphatic heterocycles. The summed E-state index contributed by atoms with van der Waals surface area (Å²) >= 11 is 3.06. The second kappa shape index (κ2) is 2.55. The number of nitrogens with zero attached hydrogens (tertiary/aromatic N) is 1. The number of aromatic nitrogens is 1. The molecule has 62 valence electrons. The van der Waals surface area contributed by atoms with Crippen LogP contribution in [0.3, 0.4) is 0 Å². The SMILES string of the molecule is Fc1ccc2ccn(Br)c2c1F. The number of benzene rings is 1. The van der Waals surface area contributed by atoms with Gasteiger partial charge < -0.3 is 0 Å². The zero-order valence-corrected chi connectivity index (χ0v) is 7.48. The van der Waals surface area contributed by atoms with Crippen LogP contribution in [0.15, 0.2) is 24.4 Å². The highest BCUT2D eigenvalue weighted by atomic mass is 79.9. The van der Waals surface area contributed by atoms with Crippen molar-refractivity contribution >= 4 is 27.1 Å². The van der Waals surface area contributed by atoms with E-state index in [0.29, 0.717) is 5.39 Å². The van der Waals surface area contributed by atoms with Crippen LogP contribution in [-0.2, 0) is 0 Å². The zero-order valence-electron chi connectivity index (χ0n) is 5.89. The summed E-state index contributed by atoms with van der Waals surface area (Å²) in [4.78, 5) is 0. The Morgan fingerprint density at radius 1 is 1.17 bits per heavy atom. The summed E-state index contributed by atoms with van der Waals surface area (Å²) in [7, 11) is 0. The van der Waals surface area contributed by atoms with Crippen LogP contribution in [0.4, 0.5) is 8.78 Å². The van der Waals surface area contributed by atoms with Crippen LogP contribution in [0.1, 0.15) is 0 Å². The lowest BCUT2D eigenvalue weighted by Gasteiger charge is -1.96. The van der Waals surface area contributed by atoms with Crippen molar-refractivity contribution in [3.8, 4) is 0 Å². The normalized spacial score (nSPS) is 10.9. The second-order valence-electron chi connectivity index (χ2n) is 2.43. The molecular weight excluding hydrogens is 228 g/mol. The third-order valence-corrected chi connectivity index (χ3v) is 2.29. The molecule has 2 rings (SSSR count). The molecule has 1 aromatic heterocycles. The molecule has 0 amide bonds. The van der Waals surface area contributed by atoms with Crippen LogP contribution in [0.2, 0.25) is 0 Å². The second-order valence-corrected chi connectivity index (χ2v) is 3.19. The van der Waals surface area contributed by atoms with Gasteiger partial charge in [0.15, 0.2) is 11.6 Å². The minimum absolute atomic E-state index is 0.231. The first kappa shape index (κ1) is 7.73. The first-order valence-electron chi connectivity index (χ1n) is 3.31. The van der Waals surface area contributed by atoms with Gasteiger partial charge in [0.05, 0.1) is 21.7 Å². The minimum Gasteiger partial charge on any atom is -0.281 e. The van der Waals surface area contributed by atoms with Crippen molar-refractivity contribution in [3.05, 3.63) is 36.0 Å². The summed E-state index contributed by atoms with van der Waals surface area (Å²) in [6.45, 7) is 0. The van der Waals surface area contributed by atoms with Gasteiger partial charge in [-0.15, -0.1) is 0 Å². The Balaban J connectivity index is 2.96. The highest BCUT2D eigenvalue weighted by molar-refractivity contribution is 9.08. The number of fused-ring (bicyclic) bond motifs is 1. The van der Waals surface area contributed by atoms with E-state index in [0.717, 1.165) is 6.07 Å². The average molecular weight is 232 g/mol. The van der Waals surface area contributed by atoms with E-state index in [2.05, 4.69) is 16.1 Å². The smallest absolute Gasteiger partial charge is 0.183 e. The summed E-state index contributed by atoms with van der Waals surface area (Å²) in [6, 6.07) is 4.35. The third-order valence-electron chi connectivity index (χ3n) is 1.70. The number of hydrogen-bond donors (Lipinski definition) is 0. The molecule has 0 N–H and O–H groups in total. The van der Waals surface area contributed by atoms with Gasteiger partial charge >= 0.3 is 0 Å². The van der Waals surface area contributed by atoms with E-state index in [4.69, 9.17) is 0 Å². The molecule has 4 heteroatoms. The van der Waals surface area contributed by atoms with Crippen molar-refractivity contribution in [2.45, 2.75) is 0 Å². The van der Waals surface area contributed by atoms with Crippen molar-refractivity contribution in [1.82, 2.24) is 3.59 Å².